The van der Waals surface area contributed by atoms with Crippen molar-refractivity contribution in [3.05, 3.63) is 0 Å². The zero-order valence-corrected chi connectivity index (χ0v) is 24.2. The fraction of sp³-hybridized carbons (Fsp3) is 0.846. The van der Waals surface area contributed by atoms with Crippen LogP contribution in [0.4, 0.5) is 4.79 Å². The third-order valence-corrected chi connectivity index (χ3v) is 8.04. The van der Waals surface area contributed by atoms with E-state index in [2.05, 4.69) is 26.6 Å². The van der Waals surface area contributed by atoms with Crippen molar-refractivity contribution in [2.24, 2.45) is 0 Å². The molecular formula is C26H47N5O7S. The van der Waals surface area contributed by atoms with Gasteiger partial charge < -0.3 is 40.8 Å². The van der Waals surface area contributed by atoms with Crippen molar-refractivity contribution in [3.8, 4) is 0 Å². The average Bonchev–Trinajstić information content (AvgIpc) is 3.46. The van der Waals surface area contributed by atoms with Crippen LogP contribution in [-0.2, 0) is 28.6 Å². The van der Waals surface area contributed by atoms with Crippen LogP contribution < -0.4 is 26.6 Å². The van der Waals surface area contributed by atoms with Crippen LogP contribution in [0.3, 0.4) is 0 Å². The summed E-state index contributed by atoms with van der Waals surface area (Å²) in [4.78, 5) is 46.5. The zero-order chi connectivity index (χ0) is 28.3. The predicted octanol–water partition coefficient (Wildman–Crippen LogP) is 0.342. The van der Waals surface area contributed by atoms with Gasteiger partial charge in [-0.2, -0.15) is 11.8 Å². The van der Waals surface area contributed by atoms with Gasteiger partial charge in [0.25, 0.3) is 0 Å². The normalized spacial score (nSPS) is 20.7. The van der Waals surface area contributed by atoms with Crippen molar-refractivity contribution in [3.63, 3.8) is 0 Å². The summed E-state index contributed by atoms with van der Waals surface area (Å²) in [6, 6.07) is -0.0767. The smallest absolute Gasteiger partial charge is 0.315 e. The van der Waals surface area contributed by atoms with Gasteiger partial charge in [-0.25, -0.2) is 4.79 Å². The molecule has 0 spiro atoms. The Kier molecular flexibility index (Phi) is 17.1. The number of rotatable bonds is 23. The van der Waals surface area contributed by atoms with Gasteiger partial charge in [0.2, 0.25) is 11.8 Å². The lowest BCUT2D eigenvalue weighted by molar-refractivity contribution is -0.126. The van der Waals surface area contributed by atoms with Crippen molar-refractivity contribution in [1.29, 1.82) is 0 Å². The maximum Gasteiger partial charge on any atom is 0.315 e. The minimum atomic E-state index is -0.495. The molecule has 2 aliphatic heterocycles. The second-order valence-electron chi connectivity index (χ2n) is 9.80. The molecule has 4 amide bonds. The van der Waals surface area contributed by atoms with E-state index in [1.165, 1.54) is 6.92 Å². The summed E-state index contributed by atoms with van der Waals surface area (Å²) in [5.41, 5.74) is 0. The monoisotopic (exact) mass is 573 g/mol. The van der Waals surface area contributed by atoms with Crippen LogP contribution in [0.5, 0.6) is 0 Å². The lowest BCUT2D eigenvalue weighted by Gasteiger charge is -2.16. The largest absolute Gasteiger partial charge is 0.379 e. The van der Waals surface area contributed by atoms with Crippen LogP contribution in [0.25, 0.3) is 0 Å². The second-order valence-corrected chi connectivity index (χ2v) is 11.1. The Morgan fingerprint density at radius 2 is 1.56 bits per heavy atom. The third kappa shape index (κ3) is 14.3. The number of carbonyl (C=O) groups is 4. The number of amides is 4. The summed E-state index contributed by atoms with van der Waals surface area (Å²) < 4.78 is 16.5. The predicted molar refractivity (Wildman–Crippen MR) is 150 cm³/mol. The highest BCUT2D eigenvalue weighted by atomic mass is 32.2. The maximum atomic E-state index is 12.0. The Labute approximate surface area is 236 Å². The number of hydrogen-bond acceptors (Lipinski definition) is 9. The van der Waals surface area contributed by atoms with Gasteiger partial charge in [-0.05, 0) is 39.7 Å². The van der Waals surface area contributed by atoms with Crippen LogP contribution in [0, 0.1) is 0 Å². The van der Waals surface area contributed by atoms with Crippen molar-refractivity contribution >= 4 is 35.4 Å². The molecule has 0 saturated carbocycles. The quantitative estimate of drug-likeness (QED) is 0.0859. The molecule has 2 heterocycles. The molecular weight excluding hydrogens is 526 g/mol. The molecule has 5 N–H and O–H groups in total. The Morgan fingerprint density at radius 1 is 0.923 bits per heavy atom. The highest BCUT2D eigenvalue weighted by Gasteiger charge is 2.42. The van der Waals surface area contributed by atoms with Gasteiger partial charge in [0.05, 0.1) is 44.6 Å². The summed E-state index contributed by atoms with van der Waals surface area (Å²) in [7, 11) is 1.66. The number of urea groups is 1. The van der Waals surface area contributed by atoms with Gasteiger partial charge in [-0.15, -0.1) is 0 Å². The summed E-state index contributed by atoms with van der Waals surface area (Å²) in [5, 5.41) is 15.0. The highest BCUT2D eigenvalue weighted by molar-refractivity contribution is 8.00. The molecule has 12 nitrogen and oxygen atoms in total. The number of thioether (sulfide) groups is 1. The summed E-state index contributed by atoms with van der Waals surface area (Å²) >= 11 is 1.90. The molecule has 2 saturated heterocycles. The first-order valence-corrected chi connectivity index (χ1v) is 15.1. The summed E-state index contributed by atoms with van der Waals surface area (Å²) in [5.74, 6) is 0.827. The molecule has 0 unspecified atom stereocenters. The van der Waals surface area contributed by atoms with Gasteiger partial charge >= 0.3 is 6.03 Å². The number of Topliss-reactive ketones (excluding diaryl/α,β-unsaturated/α-hetero) is 1. The number of unbranched alkanes of at least 4 members (excludes halogenated alkanes) is 1. The number of carbonyl (C=O) groups excluding carboxylic acids is 4. The van der Waals surface area contributed by atoms with Crippen LogP contribution >= 0.6 is 11.8 Å². The maximum absolute atomic E-state index is 12.0. The van der Waals surface area contributed by atoms with E-state index in [0.29, 0.717) is 70.8 Å². The average molecular weight is 574 g/mol. The molecule has 0 aromatic carbocycles. The topological polar surface area (TPSA) is 156 Å². The van der Waals surface area contributed by atoms with Crippen LogP contribution in [0.15, 0.2) is 0 Å². The molecule has 4 atom stereocenters. The van der Waals surface area contributed by atoms with E-state index in [0.717, 1.165) is 31.4 Å². The number of nitrogens with one attached hydrogen (secondary N) is 5. The highest BCUT2D eigenvalue weighted by Crippen LogP contribution is 2.33. The molecule has 2 aliphatic rings. The Morgan fingerprint density at radius 3 is 2.21 bits per heavy atom. The minimum absolute atomic E-state index is 0.0298. The fourth-order valence-electron chi connectivity index (χ4n) is 4.43. The van der Waals surface area contributed by atoms with E-state index in [-0.39, 0.29) is 42.1 Å². The molecule has 224 valence electrons. The molecule has 2 rings (SSSR count). The van der Waals surface area contributed by atoms with E-state index >= 15 is 0 Å². The Balaban J connectivity index is 1.28. The van der Waals surface area contributed by atoms with Gasteiger partial charge in [0, 0.05) is 50.1 Å². The first-order chi connectivity index (χ1) is 18.9. The molecule has 0 radical (unpaired) electrons. The van der Waals surface area contributed by atoms with E-state index in [9.17, 15) is 19.2 Å². The molecule has 39 heavy (non-hydrogen) atoms. The fourth-order valence-corrected chi connectivity index (χ4v) is 5.97. The molecule has 13 heteroatoms. The van der Waals surface area contributed by atoms with Gasteiger partial charge in [-0.3, -0.25) is 14.4 Å². The van der Waals surface area contributed by atoms with Crippen LogP contribution in [-0.4, -0.2) is 113 Å². The number of ether oxygens (including phenoxy) is 3. The second kappa shape index (κ2) is 20.0. The van der Waals surface area contributed by atoms with Crippen LogP contribution in [0.2, 0.25) is 0 Å². The number of hydrogen-bond donors (Lipinski definition) is 5. The first-order valence-electron chi connectivity index (χ1n) is 14.0. The van der Waals surface area contributed by atoms with Gasteiger partial charge in [0.15, 0.2) is 0 Å². The lowest BCUT2D eigenvalue weighted by atomic mass is 10.0. The Bertz CT molecular complexity index is 760. The van der Waals surface area contributed by atoms with E-state index in [1.54, 1.807) is 7.05 Å². The minimum Gasteiger partial charge on any atom is -0.379 e. The summed E-state index contributed by atoms with van der Waals surface area (Å²) in [6.45, 7) is 5.54. The third-order valence-electron chi connectivity index (χ3n) is 6.53. The zero-order valence-electron chi connectivity index (χ0n) is 23.4. The van der Waals surface area contributed by atoms with Crippen molar-refractivity contribution in [2.75, 3.05) is 65.5 Å². The molecule has 2 fully saturated rings. The Hall–Kier alpha value is -1.93. The number of ketones is 1. The standard InChI is InChI=1S/C26H47N5O7S/c1-19(32)17-20(27-2)25(34)29-10-6-12-37-14-16-38-15-13-36-11-5-9-28-23(33)8-4-3-7-22-24-21(18-39-22)30-26(35)31-24/h20-22,24,27H,3-18H2,1-2H3,(H,28,33)(H,29,34)(H2,30,31,35)/t20-,21+,22+,24+/m1/s1. The number of likely N-dealkylation sites (N-methyl/N-ethyl adjacent to an activating group) is 1. The van der Waals surface area contributed by atoms with Gasteiger partial charge in [-0.1, -0.05) is 6.42 Å². The SMILES string of the molecule is CN[C@H](CC(C)=O)C(=O)NCCCOCCOCCOCCCNC(=O)CCCC[C@@H]1SC[C@@H]2NC(=O)N[C@@H]21. The molecule has 0 aliphatic carbocycles. The van der Waals surface area contributed by atoms with Crippen molar-refractivity contribution in [1.82, 2.24) is 26.6 Å². The van der Waals surface area contributed by atoms with Crippen molar-refractivity contribution in [2.45, 2.75) is 75.2 Å². The van der Waals surface area contributed by atoms with E-state index in [1.807, 2.05) is 11.8 Å². The molecule has 0 aromatic heterocycles. The lowest BCUT2D eigenvalue weighted by Crippen LogP contribution is -2.44. The molecule has 0 aromatic rings. The number of fused-ring (bicyclic) bond motifs is 1. The van der Waals surface area contributed by atoms with Gasteiger partial charge in [0.1, 0.15) is 5.78 Å². The first kappa shape index (κ1) is 33.3. The molecule has 0 bridgehead atoms. The van der Waals surface area contributed by atoms with Crippen LogP contribution in [0.1, 0.15) is 51.9 Å². The van der Waals surface area contributed by atoms with E-state index in [4.69, 9.17) is 14.2 Å². The van der Waals surface area contributed by atoms with E-state index < -0.39 is 6.04 Å². The van der Waals surface area contributed by atoms with Crippen molar-refractivity contribution < 1.29 is 33.4 Å². The summed E-state index contributed by atoms with van der Waals surface area (Å²) in [6.07, 6.45) is 5.00.